The summed E-state index contributed by atoms with van der Waals surface area (Å²) in [7, 11) is 0. The number of carbonyl (C=O) groups is 1. The fourth-order valence-electron chi connectivity index (χ4n) is 2.46. The number of para-hydroxylation sites is 3. The number of ether oxygens (including phenoxy) is 2. The SMILES string of the molecule is CCOC(=O)c1ccc(NC(=S)Nc2ccccc2Oc2ccccc2)cc1. The third-order valence-corrected chi connectivity index (χ3v) is 3.96. The van der Waals surface area contributed by atoms with Gasteiger partial charge in [0.15, 0.2) is 10.9 Å². The molecule has 6 heteroatoms. The van der Waals surface area contributed by atoms with Gasteiger partial charge in [-0.2, -0.15) is 0 Å². The molecule has 0 bridgehead atoms. The van der Waals surface area contributed by atoms with E-state index in [1.54, 1.807) is 31.2 Å². The lowest BCUT2D eigenvalue weighted by atomic mass is 10.2. The minimum atomic E-state index is -0.346. The molecule has 0 unspecified atom stereocenters. The summed E-state index contributed by atoms with van der Waals surface area (Å²) in [5, 5.41) is 6.64. The Balaban J connectivity index is 1.64. The van der Waals surface area contributed by atoms with Crippen molar-refractivity contribution in [2.45, 2.75) is 6.92 Å². The Hall–Kier alpha value is -3.38. The molecule has 0 aliphatic rings. The summed E-state index contributed by atoms with van der Waals surface area (Å²) in [5.41, 5.74) is 1.99. The average Bonchev–Trinajstić information content (AvgIpc) is 2.71. The van der Waals surface area contributed by atoms with Crippen molar-refractivity contribution in [3.63, 3.8) is 0 Å². The van der Waals surface area contributed by atoms with Gasteiger partial charge in [0.1, 0.15) is 5.75 Å². The van der Waals surface area contributed by atoms with E-state index < -0.39 is 0 Å². The highest BCUT2D eigenvalue weighted by Crippen LogP contribution is 2.29. The van der Waals surface area contributed by atoms with Crippen molar-refractivity contribution in [3.05, 3.63) is 84.4 Å². The van der Waals surface area contributed by atoms with Crippen molar-refractivity contribution in [3.8, 4) is 11.5 Å². The highest BCUT2D eigenvalue weighted by atomic mass is 32.1. The lowest BCUT2D eigenvalue weighted by Gasteiger charge is -2.15. The van der Waals surface area contributed by atoms with E-state index >= 15 is 0 Å². The fraction of sp³-hybridized carbons (Fsp3) is 0.0909. The molecule has 142 valence electrons. The summed E-state index contributed by atoms with van der Waals surface area (Å²) in [6.45, 7) is 2.12. The molecule has 0 fully saturated rings. The van der Waals surface area contributed by atoms with Crippen molar-refractivity contribution in [1.82, 2.24) is 0 Å². The predicted molar refractivity (Wildman–Crippen MR) is 115 cm³/mol. The molecule has 3 rings (SSSR count). The molecule has 0 heterocycles. The minimum Gasteiger partial charge on any atom is -0.462 e. The van der Waals surface area contributed by atoms with Gasteiger partial charge in [-0.15, -0.1) is 0 Å². The number of benzene rings is 3. The summed E-state index contributed by atoms with van der Waals surface area (Å²) in [6, 6.07) is 24.0. The molecule has 0 spiro atoms. The number of thiocarbonyl (C=S) groups is 1. The number of anilines is 2. The van der Waals surface area contributed by atoms with E-state index in [1.807, 2.05) is 54.6 Å². The molecule has 3 aromatic carbocycles. The first kappa shape index (κ1) is 19.4. The van der Waals surface area contributed by atoms with E-state index in [0.717, 1.165) is 17.1 Å². The van der Waals surface area contributed by atoms with Gasteiger partial charge in [0.05, 0.1) is 17.9 Å². The number of hydrogen-bond acceptors (Lipinski definition) is 4. The lowest BCUT2D eigenvalue weighted by molar-refractivity contribution is 0.0526. The van der Waals surface area contributed by atoms with Gasteiger partial charge in [-0.3, -0.25) is 0 Å². The topological polar surface area (TPSA) is 59.6 Å². The Labute approximate surface area is 169 Å². The van der Waals surface area contributed by atoms with Crippen LogP contribution in [-0.2, 0) is 4.74 Å². The molecule has 0 atom stereocenters. The molecule has 0 radical (unpaired) electrons. The fourth-order valence-corrected chi connectivity index (χ4v) is 2.69. The first-order chi connectivity index (χ1) is 13.7. The summed E-state index contributed by atoms with van der Waals surface area (Å²) < 4.78 is 10.9. The van der Waals surface area contributed by atoms with Gasteiger partial charge < -0.3 is 20.1 Å². The first-order valence-corrected chi connectivity index (χ1v) is 9.23. The summed E-state index contributed by atoms with van der Waals surface area (Å²) >= 11 is 5.40. The molecular weight excluding hydrogens is 372 g/mol. The Kier molecular flexibility index (Phi) is 6.59. The molecule has 0 saturated heterocycles. The summed E-state index contributed by atoms with van der Waals surface area (Å²) in [4.78, 5) is 11.7. The zero-order chi connectivity index (χ0) is 19.8. The molecule has 0 aliphatic carbocycles. The second-order valence-electron chi connectivity index (χ2n) is 5.79. The van der Waals surface area contributed by atoms with Gasteiger partial charge in [0.25, 0.3) is 0 Å². The Morgan fingerprint density at radius 1 is 0.893 bits per heavy atom. The van der Waals surface area contributed by atoms with Crippen LogP contribution in [0.25, 0.3) is 0 Å². The first-order valence-electron chi connectivity index (χ1n) is 8.83. The van der Waals surface area contributed by atoms with Crippen molar-refractivity contribution in [2.75, 3.05) is 17.2 Å². The van der Waals surface area contributed by atoms with Crippen molar-refractivity contribution in [1.29, 1.82) is 0 Å². The molecule has 0 saturated carbocycles. The number of nitrogens with one attached hydrogen (secondary N) is 2. The van der Waals surface area contributed by atoms with Crippen LogP contribution < -0.4 is 15.4 Å². The van der Waals surface area contributed by atoms with Crippen LogP contribution in [0.15, 0.2) is 78.9 Å². The monoisotopic (exact) mass is 392 g/mol. The van der Waals surface area contributed by atoms with E-state index in [-0.39, 0.29) is 5.97 Å². The third kappa shape index (κ3) is 5.31. The van der Waals surface area contributed by atoms with Crippen LogP contribution in [0.2, 0.25) is 0 Å². The maximum Gasteiger partial charge on any atom is 0.338 e. The average molecular weight is 392 g/mol. The molecule has 0 amide bonds. The van der Waals surface area contributed by atoms with Crippen LogP contribution in [0.3, 0.4) is 0 Å². The normalized spacial score (nSPS) is 10.0. The molecule has 0 aliphatic heterocycles. The van der Waals surface area contributed by atoms with Crippen LogP contribution in [0.4, 0.5) is 11.4 Å². The molecule has 3 aromatic rings. The van der Waals surface area contributed by atoms with Crippen LogP contribution in [-0.4, -0.2) is 17.7 Å². The van der Waals surface area contributed by atoms with Gasteiger partial charge in [-0.05, 0) is 67.7 Å². The summed E-state index contributed by atoms with van der Waals surface area (Å²) in [5.74, 6) is 1.06. The minimum absolute atomic E-state index is 0.345. The molecule has 28 heavy (non-hydrogen) atoms. The predicted octanol–water partition coefficient (Wildman–Crippen LogP) is 5.46. The number of hydrogen-bond donors (Lipinski definition) is 2. The van der Waals surface area contributed by atoms with Crippen molar-refractivity contribution < 1.29 is 14.3 Å². The number of carbonyl (C=O) groups excluding carboxylic acids is 1. The van der Waals surface area contributed by atoms with Gasteiger partial charge in [-0.25, -0.2) is 4.79 Å². The smallest absolute Gasteiger partial charge is 0.338 e. The van der Waals surface area contributed by atoms with Gasteiger partial charge in [0.2, 0.25) is 0 Å². The third-order valence-electron chi connectivity index (χ3n) is 3.76. The van der Waals surface area contributed by atoms with Gasteiger partial charge in [0, 0.05) is 5.69 Å². The maximum absolute atomic E-state index is 11.7. The Bertz CT molecular complexity index is 944. The second-order valence-corrected chi connectivity index (χ2v) is 6.20. The Morgan fingerprint density at radius 2 is 1.57 bits per heavy atom. The maximum atomic E-state index is 11.7. The number of rotatable bonds is 6. The highest BCUT2D eigenvalue weighted by Gasteiger charge is 2.08. The zero-order valence-electron chi connectivity index (χ0n) is 15.3. The largest absolute Gasteiger partial charge is 0.462 e. The molecule has 2 N–H and O–H groups in total. The highest BCUT2D eigenvalue weighted by molar-refractivity contribution is 7.80. The summed E-state index contributed by atoms with van der Waals surface area (Å²) in [6.07, 6.45) is 0. The van der Waals surface area contributed by atoms with E-state index in [2.05, 4.69) is 10.6 Å². The van der Waals surface area contributed by atoms with E-state index in [9.17, 15) is 4.79 Å². The Morgan fingerprint density at radius 3 is 2.29 bits per heavy atom. The molecular formula is C22H20N2O3S. The zero-order valence-corrected chi connectivity index (χ0v) is 16.2. The number of esters is 1. The molecule has 5 nitrogen and oxygen atoms in total. The van der Waals surface area contributed by atoms with Gasteiger partial charge in [-0.1, -0.05) is 30.3 Å². The van der Waals surface area contributed by atoms with Crippen molar-refractivity contribution in [2.24, 2.45) is 0 Å². The molecule has 0 aromatic heterocycles. The quantitative estimate of drug-likeness (QED) is 0.429. The van der Waals surface area contributed by atoms with E-state index in [1.165, 1.54) is 0 Å². The van der Waals surface area contributed by atoms with E-state index in [0.29, 0.717) is 23.0 Å². The lowest BCUT2D eigenvalue weighted by Crippen LogP contribution is -2.19. The van der Waals surface area contributed by atoms with Crippen LogP contribution in [0.5, 0.6) is 11.5 Å². The van der Waals surface area contributed by atoms with Crippen molar-refractivity contribution >= 4 is 34.7 Å². The van der Waals surface area contributed by atoms with E-state index in [4.69, 9.17) is 21.7 Å². The second kappa shape index (κ2) is 9.53. The van der Waals surface area contributed by atoms with Crippen LogP contribution in [0, 0.1) is 0 Å². The standard InChI is InChI=1S/C22H20N2O3S/c1-2-26-21(25)16-12-14-17(15-13-16)23-22(28)24-19-10-6-7-11-20(19)27-18-8-4-3-5-9-18/h3-15H,2H2,1H3,(H2,23,24,28). The van der Waals surface area contributed by atoms with Gasteiger partial charge >= 0.3 is 5.97 Å². The van der Waals surface area contributed by atoms with Crippen LogP contribution >= 0.6 is 12.2 Å². The van der Waals surface area contributed by atoms with Crippen LogP contribution in [0.1, 0.15) is 17.3 Å².